The molecule has 0 fully saturated rings. The molecule has 0 aliphatic carbocycles. The molecule has 0 aliphatic rings. The van der Waals surface area contributed by atoms with Gasteiger partial charge in [0.2, 0.25) is 0 Å². The Morgan fingerprint density at radius 3 is 2.57 bits per heavy atom. The molecule has 0 bridgehead atoms. The van der Waals surface area contributed by atoms with Crippen LogP contribution in [0, 0.1) is 10.1 Å². The number of aromatic nitrogens is 1. The molecule has 0 aliphatic heterocycles. The van der Waals surface area contributed by atoms with E-state index >= 15 is 0 Å². The number of nitrogens with zero attached hydrogens (tertiary/aromatic N) is 2. The van der Waals surface area contributed by atoms with Crippen LogP contribution in [-0.4, -0.2) is 21.7 Å². The fraction of sp³-hybridized carbons (Fsp3) is 0.214. The van der Waals surface area contributed by atoms with Crippen LogP contribution in [0.5, 0.6) is 0 Å². The summed E-state index contributed by atoms with van der Waals surface area (Å²) in [5.74, 6) is -0.584. The van der Waals surface area contributed by atoms with Crippen LogP contribution in [0.2, 0.25) is 0 Å². The molecule has 0 atom stereocenters. The Labute approximate surface area is 125 Å². The zero-order valence-electron chi connectivity index (χ0n) is 11.6. The van der Waals surface area contributed by atoms with Crippen molar-refractivity contribution in [2.75, 3.05) is 6.26 Å². The quantitative estimate of drug-likeness (QED) is 0.367. The second kappa shape index (κ2) is 6.45. The minimum absolute atomic E-state index is 0.131. The van der Waals surface area contributed by atoms with Crippen molar-refractivity contribution < 1.29 is 14.5 Å². The van der Waals surface area contributed by atoms with Gasteiger partial charge in [0, 0.05) is 18.0 Å². The number of thioether (sulfide) groups is 1. The van der Waals surface area contributed by atoms with Crippen LogP contribution >= 0.6 is 11.8 Å². The van der Waals surface area contributed by atoms with E-state index < -0.39 is 10.9 Å². The Morgan fingerprint density at radius 1 is 1.38 bits per heavy atom. The van der Waals surface area contributed by atoms with Gasteiger partial charge in [0.05, 0.1) is 11.1 Å². The van der Waals surface area contributed by atoms with E-state index in [1.807, 2.05) is 30.5 Å². The molecule has 2 aromatic rings. The van der Waals surface area contributed by atoms with E-state index in [9.17, 15) is 14.9 Å². The van der Waals surface area contributed by atoms with Crippen molar-refractivity contribution in [2.45, 2.75) is 11.5 Å². The Balaban J connectivity index is 2.02. The Kier molecular flexibility index (Phi) is 4.64. The van der Waals surface area contributed by atoms with Crippen LogP contribution < -0.4 is 0 Å². The zero-order chi connectivity index (χ0) is 15.4. The lowest BCUT2D eigenvalue weighted by molar-refractivity contribution is -0.384. The van der Waals surface area contributed by atoms with Crippen molar-refractivity contribution in [1.82, 2.24) is 4.57 Å². The van der Waals surface area contributed by atoms with Crippen LogP contribution in [0.15, 0.2) is 41.4 Å². The highest BCUT2D eigenvalue weighted by atomic mass is 32.2. The molecule has 6 nitrogen and oxygen atoms in total. The second-order valence-electron chi connectivity index (χ2n) is 4.38. The largest absolute Gasteiger partial charge is 0.456 e. The lowest BCUT2D eigenvalue weighted by Gasteiger charge is -2.06. The number of aryl methyl sites for hydroxylation is 1. The SMILES string of the molecule is CSc1ccc(COC(=O)c2cc([N+](=O)[O-])cn2C)cc1. The van der Waals surface area contributed by atoms with Crippen LogP contribution in [0.4, 0.5) is 5.69 Å². The number of esters is 1. The summed E-state index contributed by atoms with van der Waals surface area (Å²) in [6.45, 7) is 0.131. The number of hydrogen-bond acceptors (Lipinski definition) is 5. The predicted octanol–water partition coefficient (Wildman–Crippen LogP) is 3.01. The third kappa shape index (κ3) is 3.63. The smallest absolute Gasteiger partial charge is 0.355 e. The van der Waals surface area contributed by atoms with Crippen molar-refractivity contribution in [3.63, 3.8) is 0 Å². The molecular weight excluding hydrogens is 292 g/mol. The molecule has 0 amide bonds. The van der Waals surface area contributed by atoms with Gasteiger partial charge in [-0.05, 0) is 24.0 Å². The topological polar surface area (TPSA) is 74.4 Å². The summed E-state index contributed by atoms with van der Waals surface area (Å²) in [5, 5.41) is 10.7. The van der Waals surface area contributed by atoms with Crippen molar-refractivity contribution >= 4 is 23.4 Å². The highest BCUT2D eigenvalue weighted by Gasteiger charge is 2.18. The molecule has 0 saturated heterocycles. The average Bonchev–Trinajstić information content (AvgIpc) is 2.87. The van der Waals surface area contributed by atoms with E-state index in [2.05, 4.69) is 0 Å². The van der Waals surface area contributed by atoms with Crippen molar-refractivity contribution in [2.24, 2.45) is 7.05 Å². The molecule has 1 aromatic heterocycles. The molecule has 0 saturated carbocycles. The van der Waals surface area contributed by atoms with Crippen LogP contribution in [0.25, 0.3) is 0 Å². The normalized spacial score (nSPS) is 10.4. The summed E-state index contributed by atoms with van der Waals surface area (Å²) >= 11 is 1.63. The number of nitro groups is 1. The molecule has 0 unspecified atom stereocenters. The number of hydrogen-bond donors (Lipinski definition) is 0. The third-order valence-electron chi connectivity index (χ3n) is 2.94. The van der Waals surface area contributed by atoms with E-state index in [0.717, 1.165) is 10.5 Å². The van der Waals surface area contributed by atoms with Crippen LogP contribution in [0.3, 0.4) is 0 Å². The highest BCUT2D eigenvalue weighted by molar-refractivity contribution is 7.98. The van der Waals surface area contributed by atoms with Gasteiger partial charge in [-0.1, -0.05) is 12.1 Å². The van der Waals surface area contributed by atoms with Gasteiger partial charge >= 0.3 is 5.97 Å². The summed E-state index contributed by atoms with van der Waals surface area (Å²) in [6.07, 6.45) is 3.27. The maximum Gasteiger partial charge on any atom is 0.355 e. The second-order valence-corrected chi connectivity index (χ2v) is 5.26. The minimum Gasteiger partial charge on any atom is -0.456 e. The number of benzene rings is 1. The van der Waals surface area contributed by atoms with Crippen molar-refractivity contribution in [3.8, 4) is 0 Å². The van der Waals surface area contributed by atoms with Gasteiger partial charge in [-0.15, -0.1) is 11.8 Å². The number of carbonyl (C=O) groups is 1. The van der Waals surface area contributed by atoms with Crippen LogP contribution in [0.1, 0.15) is 16.1 Å². The summed E-state index contributed by atoms with van der Waals surface area (Å²) in [4.78, 5) is 23.2. The first-order valence-electron chi connectivity index (χ1n) is 6.12. The van der Waals surface area contributed by atoms with Gasteiger partial charge < -0.3 is 9.30 Å². The van der Waals surface area contributed by atoms with Crippen molar-refractivity contribution in [1.29, 1.82) is 0 Å². The molecule has 21 heavy (non-hydrogen) atoms. The molecule has 1 heterocycles. The maximum absolute atomic E-state index is 11.9. The van der Waals surface area contributed by atoms with Gasteiger partial charge in [0.15, 0.2) is 0 Å². The van der Waals surface area contributed by atoms with E-state index in [1.165, 1.54) is 16.8 Å². The third-order valence-corrected chi connectivity index (χ3v) is 3.68. The summed E-state index contributed by atoms with van der Waals surface area (Å²) in [5.41, 5.74) is 0.890. The summed E-state index contributed by atoms with van der Waals surface area (Å²) in [7, 11) is 1.57. The standard InChI is InChI=1S/C14H14N2O4S/c1-15-8-11(16(18)19)7-13(15)14(17)20-9-10-3-5-12(21-2)6-4-10/h3-8H,9H2,1-2H3. The molecule has 7 heteroatoms. The molecule has 2 rings (SSSR count). The monoisotopic (exact) mass is 306 g/mol. The van der Waals surface area contributed by atoms with E-state index in [4.69, 9.17) is 4.74 Å². The Bertz CT molecular complexity index is 664. The van der Waals surface area contributed by atoms with Gasteiger partial charge in [0.1, 0.15) is 12.3 Å². The molecular formula is C14H14N2O4S. The molecule has 0 N–H and O–H groups in total. The first kappa shape index (κ1) is 15.1. The fourth-order valence-electron chi connectivity index (χ4n) is 1.79. The lowest BCUT2D eigenvalue weighted by atomic mass is 10.2. The van der Waals surface area contributed by atoms with Gasteiger partial charge in [-0.25, -0.2) is 4.79 Å². The number of rotatable bonds is 5. The maximum atomic E-state index is 11.9. The molecule has 0 spiro atoms. The number of carbonyl (C=O) groups excluding carboxylic acids is 1. The predicted molar refractivity (Wildman–Crippen MR) is 79.4 cm³/mol. The Morgan fingerprint density at radius 2 is 2.05 bits per heavy atom. The highest BCUT2D eigenvalue weighted by Crippen LogP contribution is 2.18. The van der Waals surface area contributed by atoms with E-state index in [-0.39, 0.29) is 18.0 Å². The molecule has 0 radical (unpaired) electrons. The number of ether oxygens (including phenoxy) is 1. The van der Waals surface area contributed by atoms with E-state index in [0.29, 0.717) is 0 Å². The molecule has 110 valence electrons. The minimum atomic E-state index is -0.584. The van der Waals surface area contributed by atoms with Gasteiger partial charge in [-0.2, -0.15) is 0 Å². The van der Waals surface area contributed by atoms with Gasteiger partial charge in [-0.3, -0.25) is 10.1 Å². The van der Waals surface area contributed by atoms with E-state index in [1.54, 1.807) is 18.8 Å². The average molecular weight is 306 g/mol. The zero-order valence-corrected chi connectivity index (χ0v) is 12.4. The Hall–Kier alpha value is -2.28. The molecule has 1 aromatic carbocycles. The summed E-state index contributed by atoms with van der Waals surface area (Å²) in [6, 6.07) is 8.86. The lowest BCUT2D eigenvalue weighted by Crippen LogP contribution is -2.09. The first-order valence-corrected chi connectivity index (χ1v) is 7.34. The summed E-state index contributed by atoms with van der Waals surface area (Å²) < 4.78 is 6.56. The first-order chi connectivity index (χ1) is 10.0. The fourth-order valence-corrected chi connectivity index (χ4v) is 2.20. The van der Waals surface area contributed by atoms with Gasteiger partial charge in [0.25, 0.3) is 5.69 Å². The van der Waals surface area contributed by atoms with Crippen LogP contribution in [-0.2, 0) is 18.4 Å². The van der Waals surface area contributed by atoms with Crippen molar-refractivity contribution in [3.05, 3.63) is 57.9 Å².